The molecule has 0 N–H and O–H groups in total. The Morgan fingerprint density at radius 1 is 1.62 bits per heavy atom. The summed E-state index contributed by atoms with van der Waals surface area (Å²) in [6.07, 6.45) is 0. The third kappa shape index (κ3) is 2.48. The second kappa shape index (κ2) is 4.68. The lowest BCUT2D eigenvalue weighted by Crippen LogP contribution is -1.89. The second-order valence-electron chi connectivity index (χ2n) is 2.58. The van der Waals surface area contributed by atoms with E-state index in [0.29, 0.717) is 5.88 Å². The molecule has 70 valence electrons. The quantitative estimate of drug-likeness (QED) is 0.754. The number of ether oxygens (including phenoxy) is 1. The van der Waals surface area contributed by atoms with Crippen LogP contribution in [0.3, 0.4) is 0 Å². The van der Waals surface area contributed by atoms with Gasteiger partial charge in [-0.25, -0.2) is 0 Å². The number of alkyl halides is 1. The lowest BCUT2D eigenvalue weighted by Gasteiger charge is -2.07. The Labute approximate surface area is 91.5 Å². The fourth-order valence-electron chi connectivity index (χ4n) is 0.974. The van der Waals surface area contributed by atoms with Crippen LogP contribution < -0.4 is 4.74 Å². The second-order valence-corrected chi connectivity index (χ2v) is 3.70. The van der Waals surface area contributed by atoms with Crippen LogP contribution in [0.2, 0.25) is 0 Å². The van der Waals surface area contributed by atoms with E-state index in [1.165, 1.54) is 0 Å². The number of rotatable bonds is 3. The van der Waals surface area contributed by atoms with Crippen LogP contribution in [0.15, 0.2) is 29.3 Å². The van der Waals surface area contributed by atoms with E-state index in [0.717, 1.165) is 21.4 Å². The van der Waals surface area contributed by atoms with Gasteiger partial charge in [-0.15, -0.1) is 11.6 Å². The molecule has 0 radical (unpaired) electrons. The molecule has 13 heavy (non-hydrogen) atoms. The molecule has 0 aliphatic heterocycles. The van der Waals surface area contributed by atoms with Crippen LogP contribution in [0.1, 0.15) is 5.56 Å². The van der Waals surface area contributed by atoms with Crippen LogP contribution in [0.5, 0.6) is 5.75 Å². The normalized spacial score (nSPS) is 9.77. The third-order valence-electron chi connectivity index (χ3n) is 1.72. The van der Waals surface area contributed by atoms with Gasteiger partial charge in [0.05, 0.1) is 7.11 Å². The zero-order chi connectivity index (χ0) is 9.84. The summed E-state index contributed by atoms with van der Waals surface area (Å²) in [5.41, 5.74) is 1.88. The van der Waals surface area contributed by atoms with Crippen molar-refractivity contribution < 1.29 is 4.74 Å². The summed E-state index contributed by atoms with van der Waals surface area (Å²) in [5, 5.41) is 0. The largest absolute Gasteiger partial charge is 0.497 e. The van der Waals surface area contributed by atoms with Crippen molar-refractivity contribution in [3.63, 3.8) is 0 Å². The van der Waals surface area contributed by atoms with Crippen molar-refractivity contribution in [2.45, 2.75) is 0 Å². The van der Waals surface area contributed by atoms with Crippen molar-refractivity contribution in [2.75, 3.05) is 13.0 Å². The fraction of sp³-hybridized carbons (Fsp3) is 0.200. The standard InChI is InChI=1S/C10H10BrClO/c1-7(6-12)9-5-8(13-2)3-4-10(9)11/h3-5H,1,6H2,2H3. The number of hydrogen-bond acceptors (Lipinski definition) is 1. The molecule has 0 aliphatic carbocycles. The molecule has 0 fully saturated rings. The maximum absolute atomic E-state index is 5.69. The van der Waals surface area contributed by atoms with E-state index in [1.807, 2.05) is 18.2 Å². The highest BCUT2D eigenvalue weighted by Crippen LogP contribution is 2.27. The maximum Gasteiger partial charge on any atom is 0.119 e. The average Bonchev–Trinajstić information content (AvgIpc) is 2.17. The Hall–Kier alpha value is -0.470. The van der Waals surface area contributed by atoms with Crippen LogP contribution >= 0.6 is 27.5 Å². The highest BCUT2D eigenvalue weighted by Gasteiger charge is 2.04. The molecule has 0 aliphatic rings. The van der Waals surface area contributed by atoms with Gasteiger partial charge < -0.3 is 4.74 Å². The van der Waals surface area contributed by atoms with E-state index in [4.69, 9.17) is 16.3 Å². The van der Waals surface area contributed by atoms with Gasteiger partial charge in [-0.05, 0) is 29.3 Å². The zero-order valence-electron chi connectivity index (χ0n) is 7.31. The van der Waals surface area contributed by atoms with Crippen molar-refractivity contribution in [1.29, 1.82) is 0 Å². The highest BCUT2D eigenvalue weighted by molar-refractivity contribution is 9.10. The van der Waals surface area contributed by atoms with Gasteiger partial charge in [-0.1, -0.05) is 22.5 Å². The Morgan fingerprint density at radius 2 is 2.31 bits per heavy atom. The topological polar surface area (TPSA) is 9.23 Å². The number of allylic oxidation sites excluding steroid dienone is 1. The summed E-state index contributed by atoms with van der Waals surface area (Å²) in [4.78, 5) is 0. The molecule has 0 saturated carbocycles. The number of halogens is 2. The minimum atomic E-state index is 0.422. The average molecular weight is 262 g/mol. The van der Waals surface area contributed by atoms with Crippen molar-refractivity contribution in [1.82, 2.24) is 0 Å². The first kappa shape index (κ1) is 10.6. The summed E-state index contributed by atoms with van der Waals surface area (Å²) >= 11 is 9.12. The predicted octanol–water partition coefficient (Wildman–Crippen LogP) is 3.71. The van der Waals surface area contributed by atoms with Crippen LogP contribution in [0.4, 0.5) is 0 Å². The summed E-state index contributed by atoms with van der Waals surface area (Å²) < 4.78 is 6.08. The van der Waals surface area contributed by atoms with E-state index in [1.54, 1.807) is 7.11 Å². The molecule has 0 bridgehead atoms. The zero-order valence-corrected chi connectivity index (χ0v) is 9.65. The van der Waals surface area contributed by atoms with Gasteiger partial charge in [0, 0.05) is 10.4 Å². The van der Waals surface area contributed by atoms with Gasteiger partial charge in [0.2, 0.25) is 0 Å². The molecule has 0 atom stereocenters. The minimum absolute atomic E-state index is 0.422. The lowest BCUT2D eigenvalue weighted by atomic mass is 10.1. The van der Waals surface area contributed by atoms with E-state index < -0.39 is 0 Å². The maximum atomic E-state index is 5.69. The van der Waals surface area contributed by atoms with Gasteiger partial charge in [-0.2, -0.15) is 0 Å². The summed E-state index contributed by atoms with van der Waals surface area (Å²) in [6, 6.07) is 5.72. The fourth-order valence-corrected chi connectivity index (χ4v) is 1.65. The molecule has 0 unspecified atom stereocenters. The lowest BCUT2D eigenvalue weighted by molar-refractivity contribution is 0.414. The van der Waals surface area contributed by atoms with Crippen LogP contribution in [-0.4, -0.2) is 13.0 Å². The molecule has 1 aromatic rings. The molecule has 1 nitrogen and oxygen atoms in total. The van der Waals surface area contributed by atoms with Gasteiger partial charge >= 0.3 is 0 Å². The van der Waals surface area contributed by atoms with Crippen LogP contribution in [-0.2, 0) is 0 Å². The van der Waals surface area contributed by atoms with Gasteiger partial charge in [0.1, 0.15) is 5.75 Å². The molecule has 0 heterocycles. The minimum Gasteiger partial charge on any atom is -0.497 e. The Balaban J connectivity index is 3.11. The number of benzene rings is 1. The Morgan fingerprint density at radius 3 is 2.85 bits per heavy atom. The molecule has 3 heteroatoms. The van der Waals surface area contributed by atoms with E-state index in [2.05, 4.69) is 22.5 Å². The highest BCUT2D eigenvalue weighted by atomic mass is 79.9. The van der Waals surface area contributed by atoms with E-state index in [9.17, 15) is 0 Å². The van der Waals surface area contributed by atoms with Crippen LogP contribution in [0.25, 0.3) is 5.57 Å². The molecule has 0 aromatic heterocycles. The van der Waals surface area contributed by atoms with E-state index in [-0.39, 0.29) is 0 Å². The summed E-state index contributed by atoms with van der Waals surface area (Å²) in [6.45, 7) is 3.86. The Bertz CT molecular complexity index is 323. The van der Waals surface area contributed by atoms with Crippen molar-refractivity contribution in [2.24, 2.45) is 0 Å². The van der Waals surface area contributed by atoms with Gasteiger partial charge in [0.25, 0.3) is 0 Å². The first-order chi connectivity index (χ1) is 6.19. The molecular weight excluding hydrogens is 251 g/mol. The van der Waals surface area contributed by atoms with Gasteiger partial charge in [0.15, 0.2) is 0 Å². The third-order valence-corrected chi connectivity index (χ3v) is 2.73. The van der Waals surface area contributed by atoms with Gasteiger partial charge in [-0.3, -0.25) is 0 Å². The van der Waals surface area contributed by atoms with Crippen molar-refractivity contribution in [3.05, 3.63) is 34.8 Å². The molecule has 1 aromatic carbocycles. The monoisotopic (exact) mass is 260 g/mol. The molecular formula is C10H10BrClO. The van der Waals surface area contributed by atoms with Crippen molar-refractivity contribution >= 4 is 33.1 Å². The number of hydrogen-bond donors (Lipinski definition) is 0. The van der Waals surface area contributed by atoms with Crippen molar-refractivity contribution in [3.8, 4) is 5.75 Å². The molecule has 0 saturated heterocycles. The molecule has 1 rings (SSSR count). The Kier molecular flexibility index (Phi) is 3.82. The predicted molar refractivity (Wildman–Crippen MR) is 60.4 cm³/mol. The van der Waals surface area contributed by atoms with E-state index >= 15 is 0 Å². The smallest absolute Gasteiger partial charge is 0.119 e. The molecule has 0 spiro atoms. The number of methoxy groups -OCH3 is 1. The first-order valence-electron chi connectivity index (χ1n) is 3.76. The first-order valence-corrected chi connectivity index (χ1v) is 5.09. The summed E-state index contributed by atoms with van der Waals surface area (Å²) in [5.74, 6) is 1.23. The van der Waals surface area contributed by atoms with Crippen LogP contribution in [0, 0.1) is 0 Å². The SMILES string of the molecule is C=C(CCl)c1cc(OC)ccc1Br. The molecule has 0 amide bonds. The summed E-state index contributed by atoms with van der Waals surface area (Å²) in [7, 11) is 1.64.